The van der Waals surface area contributed by atoms with E-state index in [1.54, 1.807) is 12.3 Å². The highest BCUT2D eigenvalue weighted by atomic mass is 16.6. The van der Waals surface area contributed by atoms with Crippen LogP contribution in [0.4, 0.5) is 5.69 Å². The monoisotopic (exact) mass is 263 g/mol. The van der Waals surface area contributed by atoms with E-state index in [0.717, 1.165) is 11.1 Å². The van der Waals surface area contributed by atoms with Crippen LogP contribution in [0, 0.1) is 16.0 Å². The molecule has 1 atom stereocenters. The van der Waals surface area contributed by atoms with Gasteiger partial charge in [0.15, 0.2) is 0 Å². The molecule has 0 spiro atoms. The molecule has 0 N–H and O–H groups in total. The van der Waals surface area contributed by atoms with Crippen LogP contribution in [0.15, 0.2) is 30.0 Å². The second-order valence-corrected chi connectivity index (χ2v) is 4.37. The molecule has 1 heterocycles. The molecule has 1 aromatic carbocycles. The zero-order valence-corrected chi connectivity index (χ0v) is 10.4. The Hall–Kier alpha value is -2.37. The van der Waals surface area contributed by atoms with Crippen molar-refractivity contribution in [1.82, 2.24) is 0 Å². The lowest BCUT2D eigenvalue weighted by molar-refractivity contribution is -0.384. The zero-order valence-electron chi connectivity index (χ0n) is 10.4. The maximum atomic E-state index is 10.7. The first kappa shape index (κ1) is 13.1. The van der Waals surface area contributed by atoms with Gasteiger partial charge in [-0.15, -0.1) is 0 Å². The van der Waals surface area contributed by atoms with Gasteiger partial charge in [-0.3, -0.25) is 14.9 Å². The molecule has 6 nitrogen and oxygen atoms in total. The summed E-state index contributed by atoms with van der Waals surface area (Å²) in [6.45, 7) is 2.57. The van der Waals surface area contributed by atoms with Crippen molar-refractivity contribution in [3.63, 3.8) is 0 Å². The minimum absolute atomic E-state index is 0.0117. The van der Waals surface area contributed by atoms with Gasteiger partial charge >= 0.3 is 0 Å². The Labute approximate surface area is 109 Å². The molecule has 1 aliphatic heterocycles. The van der Waals surface area contributed by atoms with Crippen LogP contribution in [0.5, 0.6) is 5.75 Å². The maximum Gasteiger partial charge on any atom is 0.293 e. The fraction of sp³-hybridized carbons (Fsp3) is 0.308. The molecule has 1 aliphatic rings. The van der Waals surface area contributed by atoms with Crippen molar-refractivity contribution >= 4 is 12.2 Å². The van der Waals surface area contributed by atoms with E-state index < -0.39 is 4.92 Å². The van der Waals surface area contributed by atoms with Gasteiger partial charge in [0.25, 0.3) is 12.2 Å². The van der Waals surface area contributed by atoms with Gasteiger partial charge in [0.2, 0.25) is 0 Å². The van der Waals surface area contributed by atoms with E-state index in [1.807, 2.05) is 6.92 Å². The van der Waals surface area contributed by atoms with E-state index >= 15 is 0 Å². The highest BCUT2D eigenvalue weighted by Crippen LogP contribution is 2.32. The van der Waals surface area contributed by atoms with Crippen LogP contribution >= 0.6 is 0 Å². The van der Waals surface area contributed by atoms with Gasteiger partial charge < -0.3 is 9.47 Å². The third kappa shape index (κ3) is 2.90. The van der Waals surface area contributed by atoms with Crippen molar-refractivity contribution in [1.29, 1.82) is 0 Å². The Kier molecular flexibility index (Phi) is 3.79. The average molecular weight is 263 g/mol. The molecule has 2 rings (SSSR count). The number of non-ortho nitro benzene ring substituents is 1. The standard InChI is InChI=1S/C13H13NO5/c1-9(6-18-8-15)11-4-10-5-12(14(16)17)2-3-13(10)19-7-11/h2-3,5,7-9H,4,6H2,1H3. The Balaban J connectivity index is 2.15. The molecule has 6 heteroatoms. The summed E-state index contributed by atoms with van der Waals surface area (Å²) in [5.74, 6) is 0.635. The fourth-order valence-electron chi connectivity index (χ4n) is 1.91. The number of nitro benzene ring substituents is 1. The molecule has 19 heavy (non-hydrogen) atoms. The molecular weight excluding hydrogens is 250 g/mol. The van der Waals surface area contributed by atoms with Crippen LogP contribution in [-0.4, -0.2) is 18.0 Å². The molecule has 1 aromatic rings. The Morgan fingerprint density at radius 2 is 2.37 bits per heavy atom. The molecule has 0 amide bonds. The van der Waals surface area contributed by atoms with E-state index in [-0.39, 0.29) is 18.2 Å². The van der Waals surface area contributed by atoms with Crippen LogP contribution < -0.4 is 4.74 Å². The van der Waals surface area contributed by atoms with Crippen LogP contribution in [0.1, 0.15) is 12.5 Å². The largest absolute Gasteiger partial charge is 0.467 e. The quantitative estimate of drug-likeness (QED) is 0.462. The second-order valence-electron chi connectivity index (χ2n) is 4.37. The van der Waals surface area contributed by atoms with E-state index in [4.69, 9.17) is 9.47 Å². The predicted molar refractivity (Wildman–Crippen MR) is 66.7 cm³/mol. The van der Waals surface area contributed by atoms with Crippen LogP contribution in [0.3, 0.4) is 0 Å². The number of fused-ring (bicyclic) bond motifs is 1. The number of nitrogens with zero attached hydrogens (tertiary/aromatic N) is 1. The molecular formula is C13H13NO5. The van der Waals surface area contributed by atoms with Crippen LogP contribution in [0.25, 0.3) is 0 Å². The smallest absolute Gasteiger partial charge is 0.293 e. The van der Waals surface area contributed by atoms with Gasteiger partial charge in [-0.1, -0.05) is 6.92 Å². The third-order valence-corrected chi connectivity index (χ3v) is 3.03. The number of hydrogen-bond donors (Lipinski definition) is 0. The van der Waals surface area contributed by atoms with Crippen molar-refractivity contribution in [2.45, 2.75) is 13.3 Å². The molecule has 0 bridgehead atoms. The average Bonchev–Trinajstić information content (AvgIpc) is 2.43. The second kappa shape index (κ2) is 5.51. The summed E-state index contributed by atoms with van der Waals surface area (Å²) < 4.78 is 10.2. The van der Waals surface area contributed by atoms with Crippen LogP contribution in [0.2, 0.25) is 0 Å². The van der Waals surface area contributed by atoms with Gasteiger partial charge in [0.05, 0.1) is 17.8 Å². The summed E-state index contributed by atoms with van der Waals surface area (Å²) in [5, 5.41) is 10.7. The number of nitro groups is 1. The summed E-state index contributed by atoms with van der Waals surface area (Å²) in [7, 11) is 0. The van der Waals surface area contributed by atoms with Gasteiger partial charge in [0, 0.05) is 30.0 Å². The first-order chi connectivity index (χ1) is 9.11. The number of carbonyl (C=O) groups excluding carboxylic acids is 1. The zero-order chi connectivity index (χ0) is 13.8. The number of rotatable bonds is 5. The molecule has 0 fully saturated rings. The van der Waals surface area contributed by atoms with E-state index in [2.05, 4.69) is 0 Å². The van der Waals surface area contributed by atoms with Crippen LogP contribution in [-0.2, 0) is 16.0 Å². The SMILES string of the molecule is CC(COC=O)C1=COc2ccc([N+](=O)[O-])cc2C1. The first-order valence-corrected chi connectivity index (χ1v) is 5.80. The molecule has 0 aliphatic carbocycles. The summed E-state index contributed by atoms with van der Waals surface area (Å²) >= 11 is 0. The number of hydrogen-bond acceptors (Lipinski definition) is 5. The lowest BCUT2D eigenvalue weighted by Gasteiger charge is -2.21. The van der Waals surface area contributed by atoms with Crippen molar-refractivity contribution in [3.05, 3.63) is 45.7 Å². The topological polar surface area (TPSA) is 78.7 Å². The number of benzene rings is 1. The minimum Gasteiger partial charge on any atom is -0.467 e. The molecule has 100 valence electrons. The first-order valence-electron chi connectivity index (χ1n) is 5.80. The summed E-state index contributed by atoms with van der Waals surface area (Å²) in [6.07, 6.45) is 2.17. The predicted octanol–water partition coefficient (Wildman–Crippen LogP) is 2.22. The third-order valence-electron chi connectivity index (χ3n) is 3.03. The summed E-state index contributed by atoms with van der Waals surface area (Å²) in [5.41, 5.74) is 1.75. The van der Waals surface area contributed by atoms with Gasteiger partial charge in [-0.05, 0) is 11.6 Å². The highest BCUT2D eigenvalue weighted by molar-refractivity contribution is 5.47. The van der Waals surface area contributed by atoms with Crippen molar-refractivity contribution in [3.8, 4) is 5.75 Å². The lowest BCUT2D eigenvalue weighted by atomic mass is 9.94. The molecule has 0 saturated heterocycles. The van der Waals surface area contributed by atoms with E-state index in [0.29, 0.717) is 18.6 Å². The number of carbonyl (C=O) groups is 1. The van der Waals surface area contributed by atoms with Crippen molar-refractivity contribution < 1.29 is 19.2 Å². The number of ether oxygens (including phenoxy) is 2. The summed E-state index contributed by atoms with van der Waals surface area (Å²) in [6, 6.07) is 4.51. The molecule has 0 radical (unpaired) electrons. The lowest BCUT2D eigenvalue weighted by Crippen LogP contribution is -2.14. The molecule has 1 unspecified atom stereocenters. The molecule has 0 saturated carbocycles. The minimum atomic E-state index is -0.433. The van der Waals surface area contributed by atoms with E-state index in [1.165, 1.54) is 12.1 Å². The van der Waals surface area contributed by atoms with Gasteiger partial charge in [-0.2, -0.15) is 0 Å². The van der Waals surface area contributed by atoms with Crippen molar-refractivity contribution in [2.75, 3.05) is 6.61 Å². The Bertz CT molecular complexity index is 538. The Morgan fingerprint density at radius 3 is 3.05 bits per heavy atom. The fourth-order valence-corrected chi connectivity index (χ4v) is 1.91. The molecule has 0 aromatic heterocycles. The normalized spacial score (nSPS) is 14.7. The van der Waals surface area contributed by atoms with E-state index in [9.17, 15) is 14.9 Å². The Morgan fingerprint density at radius 1 is 1.58 bits per heavy atom. The highest BCUT2D eigenvalue weighted by Gasteiger charge is 2.20. The maximum absolute atomic E-state index is 10.7. The van der Waals surface area contributed by atoms with Gasteiger partial charge in [0.1, 0.15) is 5.75 Å². The van der Waals surface area contributed by atoms with Gasteiger partial charge in [-0.25, -0.2) is 0 Å². The summed E-state index contributed by atoms with van der Waals surface area (Å²) in [4.78, 5) is 20.5. The van der Waals surface area contributed by atoms with Crippen molar-refractivity contribution in [2.24, 2.45) is 5.92 Å².